The summed E-state index contributed by atoms with van der Waals surface area (Å²) < 4.78 is 23.7. The Hall–Kier alpha value is -1.54. The molecule has 0 aliphatic carbocycles. The van der Waals surface area contributed by atoms with Crippen LogP contribution < -0.4 is 5.32 Å². The molecule has 478 valence electrons. The quantitative estimate of drug-likeness (QED) is 0.0243. The molecule has 0 fully saturated rings. The summed E-state index contributed by atoms with van der Waals surface area (Å²) >= 11 is 0. The van der Waals surface area contributed by atoms with Gasteiger partial charge in [0.1, 0.15) is 13.2 Å². The van der Waals surface area contributed by atoms with Gasteiger partial charge in [0.15, 0.2) is 0 Å². The first kappa shape index (κ1) is 79.5. The molecule has 0 aliphatic heterocycles. The number of unbranched alkanes of at least 4 members (excludes halogenated alkanes) is 47. The summed E-state index contributed by atoms with van der Waals surface area (Å²) in [5.41, 5.74) is 0. The summed E-state index contributed by atoms with van der Waals surface area (Å²) in [6.07, 6.45) is 85.8. The molecule has 0 aliphatic rings. The van der Waals surface area contributed by atoms with Gasteiger partial charge in [-0.25, -0.2) is 4.57 Å². The number of hydrogen-bond acceptors (Lipinski definition) is 5. The third kappa shape index (κ3) is 65.9. The van der Waals surface area contributed by atoms with Crippen LogP contribution in [0.4, 0.5) is 0 Å². The second kappa shape index (κ2) is 63.0. The van der Waals surface area contributed by atoms with E-state index < -0.39 is 20.0 Å². The van der Waals surface area contributed by atoms with Crippen LogP contribution in [0.25, 0.3) is 0 Å². The maximum atomic E-state index is 13.0. The maximum absolute atomic E-state index is 13.0. The third-order valence-corrected chi connectivity index (χ3v) is 17.2. The molecular weight excluding hydrogens is 1020 g/mol. The first-order valence-electron chi connectivity index (χ1n) is 35.5. The van der Waals surface area contributed by atoms with Gasteiger partial charge in [-0.2, -0.15) is 0 Å². The van der Waals surface area contributed by atoms with Gasteiger partial charge in [0.25, 0.3) is 0 Å². The molecule has 0 aromatic carbocycles. The van der Waals surface area contributed by atoms with Crippen molar-refractivity contribution >= 4 is 13.7 Å². The summed E-state index contributed by atoms with van der Waals surface area (Å²) in [5, 5.41) is 13.9. The lowest BCUT2D eigenvalue weighted by Crippen LogP contribution is -2.45. The molecular formula is C72H140N2O6P+. The van der Waals surface area contributed by atoms with Crippen molar-refractivity contribution in [3.8, 4) is 0 Å². The Morgan fingerprint density at radius 2 is 0.679 bits per heavy atom. The van der Waals surface area contributed by atoms with Crippen LogP contribution in [0.5, 0.6) is 0 Å². The van der Waals surface area contributed by atoms with Crippen LogP contribution in [0.1, 0.15) is 354 Å². The SMILES string of the molecule is CCCCCCCCCC/C=C\CCCCCCCCCCCCCCCCCCCCCCCCCCCCCCCC(=O)NC(COP(=O)(O)OCC[N+](C)(C)C)C(O)/C=C/CC/C=C/CC/C=C/CCCCCCCCCC. The highest BCUT2D eigenvalue weighted by Gasteiger charge is 2.28. The van der Waals surface area contributed by atoms with Crippen LogP contribution in [-0.4, -0.2) is 73.4 Å². The predicted molar refractivity (Wildman–Crippen MR) is 355 cm³/mol. The number of hydrogen-bond donors (Lipinski definition) is 3. The van der Waals surface area contributed by atoms with Crippen LogP contribution in [0.3, 0.4) is 0 Å². The average Bonchev–Trinajstić information content (AvgIpc) is 3.43. The van der Waals surface area contributed by atoms with Crippen molar-refractivity contribution in [2.24, 2.45) is 0 Å². The minimum Gasteiger partial charge on any atom is -0.387 e. The lowest BCUT2D eigenvalue weighted by Gasteiger charge is -2.25. The second-order valence-corrected chi connectivity index (χ2v) is 27.0. The number of carbonyl (C=O) groups excluding carboxylic acids is 1. The highest BCUT2D eigenvalue weighted by molar-refractivity contribution is 7.47. The van der Waals surface area contributed by atoms with E-state index in [1.165, 1.54) is 289 Å². The first-order chi connectivity index (χ1) is 39.5. The molecule has 3 unspecified atom stereocenters. The van der Waals surface area contributed by atoms with Crippen molar-refractivity contribution in [3.05, 3.63) is 48.6 Å². The van der Waals surface area contributed by atoms with Gasteiger partial charge in [0.2, 0.25) is 5.91 Å². The minimum atomic E-state index is -4.36. The van der Waals surface area contributed by atoms with E-state index >= 15 is 0 Å². The first-order valence-corrected chi connectivity index (χ1v) is 37.0. The van der Waals surface area contributed by atoms with Crippen LogP contribution in [-0.2, 0) is 18.4 Å². The highest BCUT2D eigenvalue weighted by Crippen LogP contribution is 2.43. The molecule has 3 N–H and O–H groups in total. The molecule has 0 saturated carbocycles. The summed E-state index contributed by atoms with van der Waals surface area (Å²) in [5.74, 6) is -0.185. The van der Waals surface area contributed by atoms with E-state index in [9.17, 15) is 19.4 Å². The molecule has 0 spiro atoms. The molecule has 0 aromatic heterocycles. The van der Waals surface area contributed by atoms with E-state index in [1.54, 1.807) is 6.08 Å². The van der Waals surface area contributed by atoms with Crippen molar-refractivity contribution < 1.29 is 32.9 Å². The average molecular weight is 1160 g/mol. The number of rotatable bonds is 66. The van der Waals surface area contributed by atoms with E-state index in [0.717, 1.165) is 44.9 Å². The molecule has 0 radical (unpaired) electrons. The minimum absolute atomic E-state index is 0.0546. The van der Waals surface area contributed by atoms with Crippen LogP contribution >= 0.6 is 7.82 Å². The van der Waals surface area contributed by atoms with Gasteiger partial charge in [-0.1, -0.05) is 326 Å². The lowest BCUT2D eigenvalue weighted by molar-refractivity contribution is -0.870. The number of likely N-dealkylation sites (N-methyl/N-ethyl adjacent to an activating group) is 1. The molecule has 0 rings (SSSR count). The third-order valence-electron chi connectivity index (χ3n) is 16.2. The molecule has 0 aromatic rings. The Kier molecular flexibility index (Phi) is 61.8. The van der Waals surface area contributed by atoms with Gasteiger partial charge in [0, 0.05) is 6.42 Å². The van der Waals surface area contributed by atoms with Crippen LogP contribution in [0, 0.1) is 0 Å². The number of nitrogens with zero attached hydrogens (tertiary/aromatic N) is 1. The fourth-order valence-electron chi connectivity index (χ4n) is 10.7. The summed E-state index contributed by atoms with van der Waals surface area (Å²) in [6, 6.07) is -0.869. The molecule has 8 nitrogen and oxygen atoms in total. The van der Waals surface area contributed by atoms with E-state index in [1.807, 2.05) is 27.2 Å². The smallest absolute Gasteiger partial charge is 0.387 e. The number of phosphoric acid groups is 1. The number of quaternary nitrogens is 1. The van der Waals surface area contributed by atoms with Crippen LogP contribution in [0.15, 0.2) is 48.6 Å². The zero-order valence-corrected chi connectivity index (χ0v) is 55.7. The van der Waals surface area contributed by atoms with Gasteiger partial charge in [0.05, 0.1) is 39.9 Å². The number of nitrogens with one attached hydrogen (secondary N) is 1. The van der Waals surface area contributed by atoms with E-state index in [2.05, 4.69) is 55.6 Å². The standard InChI is InChI=1S/C72H139N2O6P/c1-6-8-10-12-14-16-18-20-22-24-26-27-28-29-30-31-32-33-34-35-36-37-38-39-40-41-42-43-44-45-46-47-48-50-52-54-56-58-60-62-64-66-72(76)73-70(69-80-81(77,78)79-68-67-74(3,4)5)71(75)65-63-61-59-57-55-53-51-49-25-23-21-19-17-15-13-11-9-7-2/h24-26,49,55,57,63,65,70-71,75H,6-23,27-48,50-54,56,58-62,64,66-69H2,1-5H3,(H-,73,76,77,78)/p+1/b26-24-,49-25+,57-55+,65-63+. The lowest BCUT2D eigenvalue weighted by atomic mass is 10.0. The monoisotopic (exact) mass is 1160 g/mol. The maximum Gasteiger partial charge on any atom is 0.472 e. The van der Waals surface area contributed by atoms with E-state index in [-0.39, 0.29) is 19.1 Å². The molecule has 3 atom stereocenters. The van der Waals surface area contributed by atoms with Gasteiger partial charge in [-0.15, -0.1) is 0 Å². The fraction of sp³-hybridized carbons (Fsp3) is 0.875. The normalized spacial score (nSPS) is 13.9. The number of amides is 1. The zero-order valence-electron chi connectivity index (χ0n) is 54.8. The summed E-state index contributed by atoms with van der Waals surface area (Å²) in [4.78, 5) is 23.4. The molecule has 81 heavy (non-hydrogen) atoms. The topological polar surface area (TPSA) is 105 Å². The number of carbonyl (C=O) groups is 1. The van der Waals surface area contributed by atoms with Gasteiger partial charge < -0.3 is 19.8 Å². The molecule has 0 bridgehead atoms. The van der Waals surface area contributed by atoms with Crippen molar-refractivity contribution in [2.45, 2.75) is 366 Å². The predicted octanol–water partition coefficient (Wildman–Crippen LogP) is 22.6. The van der Waals surface area contributed by atoms with Crippen molar-refractivity contribution in [1.29, 1.82) is 0 Å². The largest absolute Gasteiger partial charge is 0.472 e. The van der Waals surface area contributed by atoms with Gasteiger partial charge >= 0.3 is 7.82 Å². The Bertz CT molecular complexity index is 1460. The molecule has 9 heteroatoms. The van der Waals surface area contributed by atoms with Gasteiger partial charge in [-0.05, 0) is 70.6 Å². The number of phosphoric ester groups is 1. The Morgan fingerprint density at radius 1 is 0.407 bits per heavy atom. The fourth-order valence-corrected chi connectivity index (χ4v) is 11.5. The molecule has 0 saturated heterocycles. The van der Waals surface area contributed by atoms with E-state index in [4.69, 9.17) is 9.05 Å². The van der Waals surface area contributed by atoms with Crippen molar-refractivity contribution in [2.75, 3.05) is 40.9 Å². The van der Waals surface area contributed by atoms with Crippen molar-refractivity contribution in [1.82, 2.24) is 5.32 Å². The number of aliphatic hydroxyl groups excluding tert-OH is 1. The second-order valence-electron chi connectivity index (χ2n) is 25.6. The zero-order chi connectivity index (χ0) is 59.1. The highest BCUT2D eigenvalue weighted by atomic mass is 31.2. The molecule has 0 heterocycles. The summed E-state index contributed by atoms with van der Waals surface area (Å²) in [7, 11) is 1.56. The Labute approximate surface area is 505 Å². The van der Waals surface area contributed by atoms with E-state index in [0.29, 0.717) is 17.4 Å². The van der Waals surface area contributed by atoms with Gasteiger partial charge in [-0.3, -0.25) is 13.8 Å². The van der Waals surface area contributed by atoms with Crippen molar-refractivity contribution in [3.63, 3.8) is 0 Å². The Morgan fingerprint density at radius 3 is 0.988 bits per heavy atom. The number of aliphatic hydroxyl groups is 1. The Balaban J connectivity index is 3.90. The molecule has 1 amide bonds. The summed E-state index contributed by atoms with van der Waals surface area (Å²) in [6.45, 7) is 4.82. The van der Waals surface area contributed by atoms with Crippen LogP contribution in [0.2, 0.25) is 0 Å². The number of allylic oxidation sites excluding steroid dienone is 7.